The molecule has 2 atom stereocenters. The van der Waals surface area contributed by atoms with Gasteiger partial charge in [0.2, 0.25) is 0 Å². The number of aromatic nitrogens is 1. The lowest BCUT2D eigenvalue weighted by Crippen LogP contribution is -2.50. The van der Waals surface area contributed by atoms with Crippen LogP contribution in [0.1, 0.15) is 23.0 Å². The van der Waals surface area contributed by atoms with E-state index in [4.69, 9.17) is 15.2 Å². The molecule has 0 aliphatic carbocycles. The Bertz CT molecular complexity index is 966. The van der Waals surface area contributed by atoms with Gasteiger partial charge in [0.1, 0.15) is 29.5 Å². The molecule has 1 aromatic carbocycles. The topological polar surface area (TPSA) is 98.8 Å². The zero-order valence-corrected chi connectivity index (χ0v) is 15.0. The van der Waals surface area contributed by atoms with Gasteiger partial charge in [-0.15, -0.1) is 0 Å². The van der Waals surface area contributed by atoms with Crippen LogP contribution in [0, 0.1) is 17.0 Å². The van der Waals surface area contributed by atoms with E-state index in [1.54, 1.807) is 0 Å². The van der Waals surface area contributed by atoms with Crippen molar-refractivity contribution in [2.75, 3.05) is 25.1 Å². The second-order valence-electron chi connectivity index (χ2n) is 7.16. The molecular weight excluding hydrogens is 370 g/mol. The summed E-state index contributed by atoms with van der Waals surface area (Å²) < 4.78 is 38.8. The fourth-order valence-corrected chi connectivity index (χ4v) is 3.59. The quantitative estimate of drug-likeness (QED) is 0.840. The molecule has 28 heavy (non-hydrogen) atoms. The summed E-state index contributed by atoms with van der Waals surface area (Å²) in [5.74, 6) is -1.58. The number of carbonyl (C=O) groups excluding carboxylic acids is 1. The molecule has 4 rings (SSSR count). The van der Waals surface area contributed by atoms with Gasteiger partial charge < -0.3 is 20.5 Å². The van der Waals surface area contributed by atoms with Crippen molar-refractivity contribution in [3.63, 3.8) is 0 Å². The normalized spacial score (nSPS) is 26.2. The molecule has 2 aromatic rings. The van der Waals surface area contributed by atoms with Crippen molar-refractivity contribution in [1.29, 1.82) is 0 Å². The summed E-state index contributed by atoms with van der Waals surface area (Å²) in [5.41, 5.74) is 4.73. The lowest BCUT2D eigenvalue weighted by Gasteiger charge is -2.42. The van der Waals surface area contributed by atoms with E-state index in [0.29, 0.717) is 12.3 Å². The third-order valence-corrected chi connectivity index (χ3v) is 5.20. The number of fused-ring (bicyclic) bond motifs is 1. The number of amides is 1. The molecule has 1 aromatic heterocycles. The number of carbonyl (C=O) groups is 1. The van der Waals surface area contributed by atoms with Crippen molar-refractivity contribution in [3.8, 4) is 0 Å². The summed E-state index contributed by atoms with van der Waals surface area (Å²) in [6, 6.07) is 6.55. The molecule has 1 amide bonds. The van der Waals surface area contributed by atoms with Crippen LogP contribution >= 0.6 is 0 Å². The first-order chi connectivity index (χ1) is 13.3. The third-order valence-electron chi connectivity index (χ3n) is 5.20. The van der Waals surface area contributed by atoms with Crippen molar-refractivity contribution in [3.05, 3.63) is 59.4 Å². The Labute approximate surface area is 159 Å². The summed E-state index contributed by atoms with van der Waals surface area (Å²) in [5, 5.41) is 2.64. The number of nitrogens with two attached hydrogens (primary N) is 1. The highest BCUT2D eigenvalue weighted by atomic mass is 19.1. The summed E-state index contributed by atoms with van der Waals surface area (Å²) in [6.07, 6.45) is 0.949. The van der Waals surface area contributed by atoms with E-state index in [2.05, 4.69) is 15.3 Å². The largest absolute Gasteiger partial charge is 0.465 e. The van der Waals surface area contributed by atoms with Crippen molar-refractivity contribution >= 4 is 17.6 Å². The van der Waals surface area contributed by atoms with Gasteiger partial charge in [0.15, 0.2) is 0 Å². The van der Waals surface area contributed by atoms with E-state index >= 15 is 0 Å². The number of pyridine rings is 1. The summed E-state index contributed by atoms with van der Waals surface area (Å²) in [6.45, 7) is 2.60. The number of hydrogen-bond acceptors (Lipinski definition) is 6. The maximum atomic E-state index is 14.8. The minimum absolute atomic E-state index is 0.0349. The number of aliphatic imine (C=N–C) groups is 1. The van der Waals surface area contributed by atoms with Crippen LogP contribution in [0.25, 0.3) is 0 Å². The first kappa shape index (κ1) is 18.3. The minimum atomic E-state index is -1.06. The first-order valence-corrected chi connectivity index (χ1v) is 8.62. The first-order valence-electron chi connectivity index (χ1n) is 8.62. The molecule has 3 heterocycles. The molecule has 2 unspecified atom stereocenters. The molecule has 9 heteroatoms. The van der Waals surface area contributed by atoms with Crippen LogP contribution in [0.15, 0.2) is 41.5 Å². The standard InChI is InChI=1S/C19H18F2N4O3/c1-18-8-27-10-19(18,25-17(22)28-9-18)13-6-12(3-4-14(13)21)24-16(26)15-5-2-11(20)7-23-15/h2-7H,8-10H2,1H3,(H2,22,25)(H,24,26). The predicted molar refractivity (Wildman–Crippen MR) is 96.7 cm³/mol. The van der Waals surface area contributed by atoms with Gasteiger partial charge in [-0.1, -0.05) is 6.92 Å². The molecule has 7 nitrogen and oxygen atoms in total. The van der Waals surface area contributed by atoms with Gasteiger partial charge in [0.05, 0.1) is 24.8 Å². The number of rotatable bonds is 3. The van der Waals surface area contributed by atoms with Crippen LogP contribution < -0.4 is 11.1 Å². The van der Waals surface area contributed by atoms with Gasteiger partial charge in [0, 0.05) is 11.3 Å². The second-order valence-corrected chi connectivity index (χ2v) is 7.16. The lowest BCUT2D eigenvalue weighted by atomic mass is 9.69. The van der Waals surface area contributed by atoms with E-state index in [9.17, 15) is 13.6 Å². The predicted octanol–water partition coefficient (Wildman–Crippen LogP) is 2.19. The molecule has 0 spiro atoms. The number of nitrogens with zero attached hydrogens (tertiary/aromatic N) is 2. The average molecular weight is 388 g/mol. The number of halogens is 2. The number of nitrogens with one attached hydrogen (secondary N) is 1. The maximum Gasteiger partial charge on any atom is 0.282 e. The zero-order chi connectivity index (χ0) is 19.9. The van der Waals surface area contributed by atoms with E-state index in [0.717, 1.165) is 12.3 Å². The van der Waals surface area contributed by atoms with E-state index in [1.807, 2.05) is 6.92 Å². The molecule has 1 saturated heterocycles. The Kier molecular flexibility index (Phi) is 4.26. The molecule has 0 bridgehead atoms. The molecule has 0 saturated carbocycles. The molecule has 2 aliphatic rings. The van der Waals surface area contributed by atoms with E-state index < -0.39 is 28.5 Å². The lowest BCUT2D eigenvalue weighted by molar-refractivity contribution is 0.0665. The number of ether oxygens (including phenoxy) is 2. The molecule has 1 fully saturated rings. The molecule has 146 valence electrons. The average Bonchev–Trinajstić information content (AvgIpc) is 3.01. The molecule has 3 N–H and O–H groups in total. The third kappa shape index (κ3) is 2.88. The van der Waals surface area contributed by atoms with Gasteiger partial charge in [-0.3, -0.25) is 4.79 Å². The van der Waals surface area contributed by atoms with E-state index in [-0.39, 0.29) is 30.5 Å². The smallest absolute Gasteiger partial charge is 0.282 e. The van der Waals surface area contributed by atoms with Crippen molar-refractivity contribution in [2.24, 2.45) is 16.1 Å². The van der Waals surface area contributed by atoms with Gasteiger partial charge >= 0.3 is 0 Å². The summed E-state index contributed by atoms with van der Waals surface area (Å²) in [4.78, 5) is 20.5. The SMILES string of the molecule is CC12COCC1(c1cc(NC(=O)c3ccc(F)cn3)ccc1F)N=C(N)OC2. The maximum absolute atomic E-state index is 14.8. The van der Waals surface area contributed by atoms with Crippen molar-refractivity contribution in [2.45, 2.75) is 12.5 Å². The van der Waals surface area contributed by atoms with Gasteiger partial charge in [-0.05, 0) is 30.3 Å². The number of amidine groups is 1. The molecule has 0 radical (unpaired) electrons. The fraction of sp³-hybridized carbons (Fsp3) is 0.316. The number of hydrogen-bond donors (Lipinski definition) is 2. The Hall–Kier alpha value is -3.07. The van der Waals surface area contributed by atoms with Crippen LogP contribution in [0.5, 0.6) is 0 Å². The molecular formula is C19H18F2N4O3. The number of anilines is 1. The van der Waals surface area contributed by atoms with Crippen molar-refractivity contribution < 1.29 is 23.0 Å². The highest BCUT2D eigenvalue weighted by Gasteiger charge is 2.58. The fourth-order valence-electron chi connectivity index (χ4n) is 3.59. The van der Waals surface area contributed by atoms with Crippen LogP contribution in [0.2, 0.25) is 0 Å². The minimum Gasteiger partial charge on any atom is -0.465 e. The van der Waals surface area contributed by atoms with Gasteiger partial charge in [-0.25, -0.2) is 18.8 Å². The Morgan fingerprint density at radius 2 is 2.04 bits per heavy atom. The van der Waals surface area contributed by atoms with Crippen LogP contribution in [-0.2, 0) is 15.0 Å². The summed E-state index contributed by atoms with van der Waals surface area (Å²) in [7, 11) is 0. The Morgan fingerprint density at radius 1 is 1.21 bits per heavy atom. The van der Waals surface area contributed by atoms with E-state index in [1.165, 1.54) is 24.3 Å². The zero-order valence-electron chi connectivity index (χ0n) is 15.0. The number of benzene rings is 1. The van der Waals surface area contributed by atoms with Gasteiger partial charge in [0.25, 0.3) is 11.9 Å². The molecule has 2 aliphatic heterocycles. The second kappa shape index (κ2) is 6.52. The highest BCUT2D eigenvalue weighted by Crippen LogP contribution is 2.51. The van der Waals surface area contributed by atoms with Crippen LogP contribution in [0.4, 0.5) is 14.5 Å². The Balaban J connectivity index is 1.70. The highest BCUT2D eigenvalue weighted by molar-refractivity contribution is 6.02. The van der Waals surface area contributed by atoms with Gasteiger partial charge in [-0.2, -0.15) is 0 Å². The van der Waals surface area contributed by atoms with Crippen LogP contribution in [0.3, 0.4) is 0 Å². The van der Waals surface area contributed by atoms with Crippen molar-refractivity contribution in [1.82, 2.24) is 4.98 Å². The van der Waals surface area contributed by atoms with Crippen LogP contribution in [-0.4, -0.2) is 36.7 Å². The summed E-state index contributed by atoms with van der Waals surface area (Å²) >= 11 is 0. The Morgan fingerprint density at radius 3 is 2.79 bits per heavy atom. The monoisotopic (exact) mass is 388 g/mol.